The monoisotopic (exact) mass is 210 g/mol. The van der Waals surface area contributed by atoms with E-state index in [4.69, 9.17) is 0 Å². The van der Waals surface area contributed by atoms with Crippen molar-refractivity contribution in [3.63, 3.8) is 0 Å². The van der Waals surface area contributed by atoms with Gasteiger partial charge in [0.2, 0.25) is 0 Å². The zero-order valence-electron chi connectivity index (χ0n) is 7.43. The first-order valence-corrected chi connectivity index (χ1v) is 4.16. The van der Waals surface area contributed by atoms with E-state index in [0.717, 1.165) is 12.1 Å². The molecule has 0 unspecified atom stereocenters. The van der Waals surface area contributed by atoms with Gasteiger partial charge in [-0.25, -0.2) is 13.2 Å². The van der Waals surface area contributed by atoms with E-state index in [0.29, 0.717) is 0 Å². The molecule has 0 aromatic heterocycles. The first-order valence-electron chi connectivity index (χ1n) is 4.16. The minimum atomic E-state index is -1.25. The smallest absolute Gasteiger partial charge is 0.169 e. The number of fused-ring (bicyclic) bond motifs is 1. The van der Waals surface area contributed by atoms with Crippen molar-refractivity contribution in [1.29, 1.82) is 0 Å². The fourth-order valence-electron chi connectivity index (χ4n) is 1.42. The number of carbonyl (C=O) groups excluding carboxylic acids is 1. The fraction of sp³-hybridized carbons (Fsp3) is 0. The summed E-state index contributed by atoms with van der Waals surface area (Å²) in [4.78, 5) is 10.4. The quantitative estimate of drug-likeness (QED) is 0.661. The molecule has 2 rings (SSSR count). The Balaban J connectivity index is 2.97. The Morgan fingerprint density at radius 1 is 1.00 bits per heavy atom. The van der Waals surface area contributed by atoms with Gasteiger partial charge in [0.15, 0.2) is 17.9 Å². The van der Waals surface area contributed by atoms with Crippen LogP contribution in [0.25, 0.3) is 10.8 Å². The van der Waals surface area contributed by atoms with Crippen LogP contribution in [0.15, 0.2) is 24.3 Å². The number of hydrogen-bond acceptors (Lipinski definition) is 1. The third kappa shape index (κ3) is 1.38. The molecule has 2 aromatic rings. The highest BCUT2D eigenvalue weighted by molar-refractivity contribution is 5.90. The molecule has 1 nitrogen and oxygen atoms in total. The Labute approximate surface area is 83.1 Å². The molecule has 4 heteroatoms. The maximum atomic E-state index is 13.3. The van der Waals surface area contributed by atoms with Crippen LogP contribution >= 0.6 is 0 Å². The van der Waals surface area contributed by atoms with Gasteiger partial charge in [0.1, 0.15) is 5.82 Å². The lowest BCUT2D eigenvalue weighted by Gasteiger charge is -2.03. The summed E-state index contributed by atoms with van der Waals surface area (Å²) in [6.45, 7) is 0. The molecule has 0 saturated carbocycles. The summed E-state index contributed by atoms with van der Waals surface area (Å²) < 4.78 is 39.7. The van der Waals surface area contributed by atoms with E-state index >= 15 is 0 Å². The third-order valence-electron chi connectivity index (χ3n) is 2.16. The van der Waals surface area contributed by atoms with Gasteiger partial charge in [0.05, 0.1) is 5.56 Å². The molecule has 0 fully saturated rings. The van der Waals surface area contributed by atoms with Gasteiger partial charge in [-0.3, -0.25) is 4.79 Å². The van der Waals surface area contributed by atoms with Crippen LogP contribution in [0.1, 0.15) is 10.4 Å². The van der Waals surface area contributed by atoms with Crippen LogP contribution in [-0.2, 0) is 0 Å². The van der Waals surface area contributed by atoms with Crippen LogP contribution in [0.4, 0.5) is 13.2 Å². The molecule has 0 aliphatic rings. The molecule has 0 bridgehead atoms. The van der Waals surface area contributed by atoms with E-state index < -0.39 is 23.0 Å². The van der Waals surface area contributed by atoms with Crippen LogP contribution in [0.3, 0.4) is 0 Å². The van der Waals surface area contributed by atoms with Crippen LogP contribution in [0.2, 0.25) is 0 Å². The number of benzene rings is 2. The lowest BCUT2D eigenvalue weighted by molar-refractivity contribution is 0.111. The third-order valence-corrected chi connectivity index (χ3v) is 2.16. The second kappa shape index (κ2) is 3.38. The summed E-state index contributed by atoms with van der Waals surface area (Å²) in [5.41, 5.74) is -0.481. The summed E-state index contributed by atoms with van der Waals surface area (Å²) in [5, 5.41) is -0.267. The molecule has 0 radical (unpaired) electrons. The average Bonchev–Trinajstić information content (AvgIpc) is 2.24. The first-order chi connectivity index (χ1) is 7.15. The Bertz CT molecular complexity index is 549. The van der Waals surface area contributed by atoms with E-state index in [1.165, 1.54) is 12.1 Å². The predicted molar refractivity (Wildman–Crippen MR) is 49.2 cm³/mol. The van der Waals surface area contributed by atoms with Crippen molar-refractivity contribution in [2.24, 2.45) is 0 Å². The van der Waals surface area contributed by atoms with Gasteiger partial charge in [0.25, 0.3) is 0 Å². The van der Waals surface area contributed by atoms with Crippen LogP contribution in [-0.4, -0.2) is 6.29 Å². The number of hydrogen-bond donors (Lipinski definition) is 0. The van der Waals surface area contributed by atoms with Crippen molar-refractivity contribution in [2.45, 2.75) is 0 Å². The van der Waals surface area contributed by atoms with Crippen LogP contribution in [0.5, 0.6) is 0 Å². The molecule has 0 atom stereocenters. The molecule has 0 saturated heterocycles. The number of carbonyl (C=O) groups is 1. The normalized spacial score (nSPS) is 10.6. The van der Waals surface area contributed by atoms with E-state index in [1.54, 1.807) is 0 Å². The fourth-order valence-corrected chi connectivity index (χ4v) is 1.42. The second-order valence-electron chi connectivity index (χ2n) is 3.05. The molecule has 0 N–H and O–H groups in total. The summed E-state index contributed by atoms with van der Waals surface area (Å²) >= 11 is 0. The Kier molecular flexibility index (Phi) is 2.19. The zero-order chi connectivity index (χ0) is 11.0. The SMILES string of the molecule is O=Cc1cc2c(F)cccc2c(F)c1F. The van der Waals surface area contributed by atoms with Crippen molar-refractivity contribution < 1.29 is 18.0 Å². The van der Waals surface area contributed by atoms with E-state index in [1.807, 2.05) is 0 Å². The van der Waals surface area contributed by atoms with Gasteiger partial charge in [-0.15, -0.1) is 0 Å². The highest BCUT2D eigenvalue weighted by Gasteiger charge is 2.14. The number of rotatable bonds is 1. The van der Waals surface area contributed by atoms with Crippen LogP contribution < -0.4 is 0 Å². The molecule has 0 heterocycles. The topological polar surface area (TPSA) is 17.1 Å². The Morgan fingerprint density at radius 3 is 2.40 bits per heavy atom. The maximum Gasteiger partial charge on any atom is 0.169 e. The van der Waals surface area contributed by atoms with Gasteiger partial charge in [0, 0.05) is 10.8 Å². The Hall–Kier alpha value is -1.84. The minimum absolute atomic E-state index is 0.0986. The maximum absolute atomic E-state index is 13.3. The summed E-state index contributed by atoms with van der Waals surface area (Å²) in [7, 11) is 0. The van der Waals surface area contributed by atoms with Gasteiger partial charge in [-0.2, -0.15) is 0 Å². The predicted octanol–water partition coefficient (Wildman–Crippen LogP) is 3.07. The highest BCUT2D eigenvalue weighted by Crippen LogP contribution is 2.24. The van der Waals surface area contributed by atoms with Gasteiger partial charge < -0.3 is 0 Å². The molecule has 0 aliphatic heterocycles. The van der Waals surface area contributed by atoms with Crippen molar-refractivity contribution in [3.8, 4) is 0 Å². The number of halogens is 3. The van der Waals surface area contributed by atoms with E-state index in [9.17, 15) is 18.0 Å². The second-order valence-corrected chi connectivity index (χ2v) is 3.05. The average molecular weight is 210 g/mol. The molecule has 15 heavy (non-hydrogen) atoms. The van der Waals surface area contributed by atoms with E-state index in [-0.39, 0.29) is 17.1 Å². The summed E-state index contributed by atoms with van der Waals surface area (Å²) in [6, 6.07) is 4.65. The van der Waals surface area contributed by atoms with Gasteiger partial charge >= 0.3 is 0 Å². The molecule has 0 amide bonds. The number of aldehydes is 1. The summed E-state index contributed by atoms with van der Waals surface area (Å²) in [5.74, 6) is -3.13. The lowest BCUT2D eigenvalue weighted by atomic mass is 10.1. The first kappa shape index (κ1) is 9.71. The molecular formula is C11H5F3O. The molecule has 2 aromatic carbocycles. The molecule has 76 valence electrons. The highest BCUT2D eigenvalue weighted by atomic mass is 19.2. The Morgan fingerprint density at radius 2 is 1.73 bits per heavy atom. The van der Waals surface area contributed by atoms with Crippen molar-refractivity contribution in [2.75, 3.05) is 0 Å². The molecule has 0 aliphatic carbocycles. The zero-order valence-corrected chi connectivity index (χ0v) is 7.43. The van der Waals surface area contributed by atoms with Crippen LogP contribution in [0, 0.1) is 17.5 Å². The molecular weight excluding hydrogens is 205 g/mol. The van der Waals surface area contributed by atoms with Crippen molar-refractivity contribution in [1.82, 2.24) is 0 Å². The van der Waals surface area contributed by atoms with Crippen molar-refractivity contribution >= 4 is 17.1 Å². The summed E-state index contributed by atoms with van der Waals surface area (Å²) in [6.07, 6.45) is 0.157. The van der Waals surface area contributed by atoms with Gasteiger partial charge in [-0.1, -0.05) is 12.1 Å². The van der Waals surface area contributed by atoms with Gasteiger partial charge in [-0.05, 0) is 12.1 Å². The molecule has 0 spiro atoms. The minimum Gasteiger partial charge on any atom is -0.298 e. The standard InChI is InChI=1S/C11H5F3O/c12-9-3-1-2-7-8(9)4-6(5-15)10(13)11(7)14/h1-5H. The van der Waals surface area contributed by atoms with E-state index in [2.05, 4.69) is 0 Å². The largest absolute Gasteiger partial charge is 0.298 e. The van der Waals surface area contributed by atoms with Crippen molar-refractivity contribution in [3.05, 3.63) is 47.3 Å². The lowest BCUT2D eigenvalue weighted by Crippen LogP contribution is -1.95.